The highest BCUT2D eigenvalue weighted by atomic mass is 16.7. The van der Waals surface area contributed by atoms with E-state index < -0.39 is 17.7 Å². The monoisotopic (exact) mass is 457 g/mol. The maximum atomic E-state index is 13.2. The second-order valence-corrected chi connectivity index (χ2v) is 7.99. The summed E-state index contributed by atoms with van der Waals surface area (Å²) in [6.45, 7) is 2.70. The topological polar surface area (TPSA) is 85.3 Å². The first-order valence-corrected chi connectivity index (χ1v) is 11.1. The maximum Gasteiger partial charge on any atom is 0.300 e. The normalized spacial score (nSPS) is 18.4. The average Bonchev–Trinajstić information content (AvgIpc) is 3.45. The number of carbonyl (C=O) groups is 2. The molecule has 2 heterocycles. The fraction of sp³-hybridized carbons (Fsp3) is 0.185. The highest BCUT2D eigenvalue weighted by molar-refractivity contribution is 6.51. The molecule has 2 aliphatic rings. The molecule has 0 aliphatic carbocycles. The van der Waals surface area contributed by atoms with E-state index in [0.29, 0.717) is 40.7 Å². The van der Waals surface area contributed by atoms with Crippen LogP contribution in [0.1, 0.15) is 30.5 Å². The molecule has 1 unspecified atom stereocenters. The molecular formula is C27H23NO6. The van der Waals surface area contributed by atoms with Gasteiger partial charge in [-0.3, -0.25) is 14.5 Å². The molecule has 7 nitrogen and oxygen atoms in total. The number of rotatable bonds is 6. The van der Waals surface area contributed by atoms with Gasteiger partial charge in [0.1, 0.15) is 11.5 Å². The van der Waals surface area contributed by atoms with Gasteiger partial charge in [0.25, 0.3) is 11.7 Å². The SMILES string of the molecule is CCCOc1ccc(C2/C(=C(/O)c3ccc4c(c3)OCO4)C(=O)C(=O)N2c2ccccc2)cc1. The Bertz CT molecular complexity index is 1270. The zero-order chi connectivity index (χ0) is 23.7. The van der Waals surface area contributed by atoms with Crippen LogP contribution in [0.15, 0.2) is 78.4 Å². The molecule has 3 aromatic rings. The van der Waals surface area contributed by atoms with Crippen LogP contribution in [0.25, 0.3) is 5.76 Å². The number of amides is 1. The standard InChI is InChI=1S/C27H23NO6/c1-2-14-32-20-11-8-17(9-12-20)24-23(25(29)18-10-13-21-22(15-18)34-16-33-21)26(30)27(31)28(24)19-6-4-3-5-7-19/h3-13,15,24,29H,2,14,16H2,1H3/b25-23-. The van der Waals surface area contributed by atoms with Crippen LogP contribution < -0.4 is 19.1 Å². The van der Waals surface area contributed by atoms with Crippen molar-refractivity contribution in [2.45, 2.75) is 19.4 Å². The number of Topliss-reactive ketones (excluding diaryl/α,β-unsaturated/α-hetero) is 1. The third kappa shape index (κ3) is 3.75. The second kappa shape index (κ2) is 8.94. The van der Waals surface area contributed by atoms with Gasteiger partial charge in [0.05, 0.1) is 18.2 Å². The average molecular weight is 457 g/mol. The Balaban J connectivity index is 1.63. The fourth-order valence-electron chi connectivity index (χ4n) is 4.17. The molecule has 0 radical (unpaired) electrons. The predicted octanol–water partition coefficient (Wildman–Crippen LogP) is 4.83. The van der Waals surface area contributed by atoms with E-state index in [0.717, 1.165) is 6.42 Å². The van der Waals surface area contributed by atoms with Crippen molar-refractivity contribution in [3.05, 3.63) is 89.5 Å². The number of carbonyl (C=O) groups excluding carboxylic acids is 2. The van der Waals surface area contributed by atoms with Crippen LogP contribution >= 0.6 is 0 Å². The van der Waals surface area contributed by atoms with E-state index >= 15 is 0 Å². The molecule has 5 rings (SSSR count). The van der Waals surface area contributed by atoms with E-state index in [1.165, 1.54) is 4.90 Å². The fourth-order valence-corrected chi connectivity index (χ4v) is 4.17. The Labute approximate surface area is 196 Å². The van der Waals surface area contributed by atoms with Gasteiger partial charge in [-0.2, -0.15) is 0 Å². The minimum Gasteiger partial charge on any atom is -0.507 e. The van der Waals surface area contributed by atoms with Gasteiger partial charge in [0, 0.05) is 11.3 Å². The number of ketones is 1. The van der Waals surface area contributed by atoms with Crippen LogP contribution in [-0.2, 0) is 9.59 Å². The summed E-state index contributed by atoms with van der Waals surface area (Å²) in [4.78, 5) is 27.9. The Hall–Kier alpha value is -4.26. The Morgan fingerprint density at radius 2 is 1.74 bits per heavy atom. The van der Waals surface area contributed by atoms with Crippen LogP contribution in [0, 0.1) is 0 Å². The van der Waals surface area contributed by atoms with Crippen LogP contribution in [0.2, 0.25) is 0 Å². The summed E-state index contributed by atoms with van der Waals surface area (Å²) in [6, 6.07) is 20.3. The number of fused-ring (bicyclic) bond motifs is 1. The third-order valence-corrected chi connectivity index (χ3v) is 5.79. The van der Waals surface area contributed by atoms with Crippen molar-refractivity contribution in [2.75, 3.05) is 18.3 Å². The minimum absolute atomic E-state index is 0.00921. The van der Waals surface area contributed by atoms with Crippen LogP contribution in [0.3, 0.4) is 0 Å². The van der Waals surface area contributed by atoms with Gasteiger partial charge in [-0.15, -0.1) is 0 Å². The van der Waals surface area contributed by atoms with Crippen molar-refractivity contribution in [1.82, 2.24) is 0 Å². The molecule has 34 heavy (non-hydrogen) atoms. The molecule has 0 spiro atoms. The van der Waals surface area contributed by atoms with Crippen molar-refractivity contribution >= 4 is 23.1 Å². The summed E-state index contributed by atoms with van der Waals surface area (Å²) in [7, 11) is 0. The molecule has 0 aromatic heterocycles. The lowest BCUT2D eigenvalue weighted by atomic mass is 9.95. The number of benzene rings is 3. The lowest BCUT2D eigenvalue weighted by molar-refractivity contribution is -0.132. The summed E-state index contributed by atoms with van der Waals surface area (Å²) in [5, 5.41) is 11.3. The van der Waals surface area contributed by atoms with Gasteiger partial charge in [-0.05, 0) is 54.4 Å². The van der Waals surface area contributed by atoms with E-state index in [9.17, 15) is 14.7 Å². The highest BCUT2D eigenvalue weighted by Crippen LogP contribution is 2.43. The zero-order valence-electron chi connectivity index (χ0n) is 18.6. The quantitative estimate of drug-likeness (QED) is 0.324. The maximum absolute atomic E-state index is 13.2. The number of anilines is 1. The molecule has 172 valence electrons. The first-order chi connectivity index (χ1) is 16.6. The van der Waals surface area contributed by atoms with E-state index in [-0.39, 0.29) is 18.1 Å². The predicted molar refractivity (Wildman–Crippen MR) is 126 cm³/mol. The van der Waals surface area contributed by atoms with Crippen LogP contribution in [-0.4, -0.2) is 30.2 Å². The summed E-state index contributed by atoms with van der Waals surface area (Å²) in [6.07, 6.45) is 0.880. The number of aliphatic hydroxyl groups excluding tert-OH is 1. The second-order valence-electron chi connectivity index (χ2n) is 7.99. The molecule has 1 saturated heterocycles. The molecule has 3 aromatic carbocycles. The van der Waals surface area contributed by atoms with Gasteiger partial charge >= 0.3 is 0 Å². The molecule has 0 bridgehead atoms. The molecular weight excluding hydrogens is 434 g/mol. The highest BCUT2D eigenvalue weighted by Gasteiger charge is 2.47. The number of hydrogen-bond donors (Lipinski definition) is 1. The number of ether oxygens (including phenoxy) is 3. The molecule has 2 aliphatic heterocycles. The Morgan fingerprint density at radius 1 is 1.00 bits per heavy atom. The summed E-state index contributed by atoms with van der Waals surface area (Å²) >= 11 is 0. The number of nitrogens with zero attached hydrogens (tertiary/aromatic N) is 1. The third-order valence-electron chi connectivity index (χ3n) is 5.79. The summed E-state index contributed by atoms with van der Waals surface area (Å²) in [5.41, 5.74) is 1.61. The first kappa shape index (κ1) is 21.6. The molecule has 1 fully saturated rings. The van der Waals surface area contributed by atoms with Gasteiger partial charge in [-0.1, -0.05) is 37.3 Å². The van der Waals surface area contributed by atoms with Crippen molar-refractivity contribution in [3.8, 4) is 17.2 Å². The smallest absolute Gasteiger partial charge is 0.300 e. The van der Waals surface area contributed by atoms with Crippen molar-refractivity contribution in [3.63, 3.8) is 0 Å². The van der Waals surface area contributed by atoms with Gasteiger partial charge < -0.3 is 19.3 Å². The van der Waals surface area contributed by atoms with Crippen LogP contribution in [0.5, 0.6) is 17.2 Å². The Morgan fingerprint density at radius 3 is 2.47 bits per heavy atom. The molecule has 0 saturated carbocycles. The van der Waals surface area contributed by atoms with Gasteiger partial charge in [-0.25, -0.2) is 0 Å². The molecule has 1 atom stereocenters. The number of aliphatic hydroxyl groups is 1. The molecule has 1 N–H and O–H groups in total. The van der Waals surface area contributed by atoms with Crippen molar-refractivity contribution in [1.29, 1.82) is 0 Å². The van der Waals surface area contributed by atoms with Gasteiger partial charge in [0.2, 0.25) is 6.79 Å². The van der Waals surface area contributed by atoms with Gasteiger partial charge in [0.15, 0.2) is 11.5 Å². The number of para-hydroxylation sites is 1. The zero-order valence-corrected chi connectivity index (χ0v) is 18.6. The largest absolute Gasteiger partial charge is 0.507 e. The Kier molecular flexibility index (Phi) is 5.67. The molecule has 1 amide bonds. The summed E-state index contributed by atoms with van der Waals surface area (Å²) < 4.78 is 16.4. The van der Waals surface area contributed by atoms with E-state index in [4.69, 9.17) is 14.2 Å². The van der Waals surface area contributed by atoms with E-state index in [1.807, 2.05) is 25.1 Å². The van der Waals surface area contributed by atoms with E-state index in [2.05, 4.69) is 0 Å². The first-order valence-electron chi connectivity index (χ1n) is 11.1. The summed E-state index contributed by atoms with van der Waals surface area (Å²) in [5.74, 6) is -0.0135. The molecule has 7 heteroatoms. The minimum atomic E-state index is -0.812. The lowest BCUT2D eigenvalue weighted by Crippen LogP contribution is -2.29. The lowest BCUT2D eigenvalue weighted by Gasteiger charge is -2.25. The number of hydrogen-bond acceptors (Lipinski definition) is 6. The van der Waals surface area contributed by atoms with Crippen molar-refractivity contribution in [2.24, 2.45) is 0 Å². The van der Waals surface area contributed by atoms with Crippen molar-refractivity contribution < 1.29 is 28.9 Å². The van der Waals surface area contributed by atoms with Crippen LogP contribution in [0.4, 0.5) is 5.69 Å². The van der Waals surface area contributed by atoms with E-state index in [1.54, 1.807) is 54.6 Å².